The van der Waals surface area contributed by atoms with Gasteiger partial charge in [0.05, 0.1) is 6.61 Å². The molecule has 0 amide bonds. The molecule has 1 unspecified atom stereocenters. The molecule has 0 saturated carbocycles. The Bertz CT molecular complexity index is 300. The predicted molar refractivity (Wildman–Crippen MR) is 80.3 cm³/mol. The quantitative estimate of drug-likeness (QED) is 0.231. The van der Waals surface area contributed by atoms with E-state index in [4.69, 9.17) is 14.5 Å². The molecule has 0 bridgehead atoms. The third-order valence-electron chi connectivity index (χ3n) is 2.81. The number of phosphoric ester groups is 1. The summed E-state index contributed by atoms with van der Waals surface area (Å²) in [4.78, 5) is 17.7. The Morgan fingerprint density at radius 2 is 1.70 bits per heavy atom. The lowest BCUT2D eigenvalue weighted by Crippen LogP contribution is -2.17. The van der Waals surface area contributed by atoms with E-state index in [0.29, 0.717) is 6.42 Å². The maximum absolute atomic E-state index is 10.9. The van der Waals surface area contributed by atoms with Crippen LogP contribution in [-0.2, 0) is 13.8 Å². The van der Waals surface area contributed by atoms with E-state index in [2.05, 4.69) is 18.0 Å². The SMILES string of the molecule is C=C(C)COC(CCCCCCCCC)OP(=O)(O)O. The molecule has 0 aromatic carbocycles. The van der Waals surface area contributed by atoms with Gasteiger partial charge in [-0.05, 0) is 19.8 Å². The van der Waals surface area contributed by atoms with Crippen LogP contribution in [0, 0.1) is 0 Å². The lowest BCUT2D eigenvalue weighted by molar-refractivity contribution is -0.0895. The second-order valence-electron chi connectivity index (χ2n) is 5.20. The maximum Gasteiger partial charge on any atom is 0.471 e. The second-order valence-corrected chi connectivity index (χ2v) is 6.40. The van der Waals surface area contributed by atoms with Gasteiger partial charge in [0, 0.05) is 0 Å². The van der Waals surface area contributed by atoms with Gasteiger partial charge in [-0.2, -0.15) is 0 Å². The van der Waals surface area contributed by atoms with Gasteiger partial charge in [0.2, 0.25) is 0 Å². The molecule has 0 saturated heterocycles. The Labute approximate surface area is 122 Å². The fourth-order valence-electron chi connectivity index (χ4n) is 1.82. The summed E-state index contributed by atoms with van der Waals surface area (Å²) in [5, 5.41) is 0. The van der Waals surface area contributed by atoms with Gasteiger partial charge in [-0.3, -0.25) is 4.52 Å². The van der Waals surface area contributed by atoms with Gasteiger partial charge < -0.3 is 14.5 Å². The minimum atomic E-state index is -4.51. The number of ether oxygens (including phenoxy) is 1. The molecular weight excluding hydrogens is 279 g/mol. The first-order chi connectivity index (χ1) is 9.35. The normalized spacial score (nSPS) is 13.4. The Hall–Kier alpha value is -0.190. The molecule has 2 N–H and O–H groups in total. The van der Waals surface area contributed by atoms with Gasteiger partial charge in [-0.25, -0.2) is 4.57 Å². The molecule has 0 aliphatic heterocycles. The molecule has 0 fully saturated rings. The van der Waals surface area contributed by atoms with Crippen LogP contribution in [0.25, 0.3) is 0 Å². The Morgan fingerprint density at radius 3 is 2.20 bits per heavy atom. The number of hydrogen-bond donors (Lipinski definition) is 2. The van der Waals surface area contributed by atoms with E-state index in [1.165, 1.54) is 25.7 Å². The van der Waals surface area contributed by atoms with Crippen molar-refractivity contribution < 1.29 is 23.6 Å². The third-order valence-corrected chi connectivity index (χ3v) is 3.32. The fraction of sp³-hybridized carbons (Fsp3) is 0.857. The van der Waals surface area contributed by atoms with E-state index < -0.39 is 14.1 Å². The van der Waals surface area contributed by atoms with Crippen molar-refractivity contribution >= 4 is 7.82 Å². The molecule has 120 valence electrons. The summed E-state index contributed by atoms with van der Waals surface area (Å²) >= 11 is 0. The van der Waals surface area contributed by atoms with Gasteiger partial charge in [0.25, 0.3) is 0 Å². The molecule has 0 spiro atoms. The Balaban J connectivity index is 3.85. The molecule has 1 atom stereocenters. The largest absolute Gasteiger partial charge is 0.471 e. The van der Waals surface area contributed by atoms with Crippen LogP contribution in [-0.4, -0.2) is 22.7 Å². The number of unbranched alkanes of at least 4 members (excludes halogenated alkanes) is 6. The van der Waals surface area contributed by atoms with E-state index in [1.54, 1.807) is 6.92 Å². The van der Waals surface area contributed by atoms with E-state index in [9.17, 15) is 4.57 Å². The van der Waals surface area contributed by atoms with Crippen LogP contribution in [0.3, 0.4) is 0 Å². The summed E-state index contributed by atoms with van der Waals surface area (Å²) in [7, 11) is -4.51. The van der Waals surface area contributed by atoms with Crippen molar-refractivity contribution in [2.75, 3.05) is 6.61 Å². The van der Waals surface area contributed by atoms with Crippen molar-refractivity contribution in [2.45, 2.75) is 71.5 Å². The first-order valence-corrected chi connectivity index (χ1v) is 8.88. The van der Waals surface area contributed by atoms with Crippen LogP contribution in [0.2, 0.25) is 0 Å². The fourth-order valence-corrected chi connectivity index (χ4v) is 2.30. The van der Waals surface area contributed by atoms with Crippen LogP contribution in [0.1, 0.15) is 65.2 Å². The van der Waals surface area contributed by atoms with Crippen LogP contribution in [0.15, 0.2) is 12.2 Å². The van der Waals surface area contributed by atoms with E-state index in [0.717, 1.165) is 24.8 Å². The lowest BCUT2D eigenvalue weighted by atomic mass is 10.1. The molecular formula is C14H29O5P. The Morgan fingerprint density at radius 1 is 1.15 bits per heavy atom. The monoisotopic (exact) mass is 308 g/mol. The molecule has 0 aromatic rings. The molecule has 5 nitrogen and oxygen atoms in total. The second kappa shape index (κ2) is 11.5. The molecule has 6 heteroatoms. The standard InChI is InChI=1S/C14H29O5P/c1-4-5-6-7-8-9-10-11-14(18-12-13(2)3)19-20(15,16)17/h14H,2,4-12H2,1,3H3,(H2,15,16,17). The molecule has 0 rings (SSSR count). The topological polar surface area (TPSA) is 76.0 Å². The van der Waals surface area contributed by atoms with Gasteiger partial charge >= 0.3 is 7.82 Å². The van der Waals surface area contributed by atoms with Crippen LogP contribution < -0.4 is 0 Å². The zero-order chi connectivity index (χ0) is 15.4. The van der Waals surface area contributed by atoms with Crippen molar-refractivity contribution in [3.8, 4) is 0 Å². The van der Waals surface area contributed by atoms with Crippen LogP contribution >= 0.6 is 7.82 Å². The van der Waals surface area contributed by atoms with E-state index >= 15 is 0 Å². The molecule has 0 radical (unpaired) electrons. The van der Waals surface area contributed by atoms with Crippen molar-refractivity contribution in [3.63, 3.8) is 0 Å². The maximum atomic E-state index is 10.9. The molecule has 0 aliphatic rings. The number of rotatable bonds is 13. The highest BCUT2D eigenvalue weighted by Crippen LogP contribution is 2.38. The summed E-state index contributed by atoms with van der Waals surface area (Å²) in [6.45, 7) is 7.92. The summed E-state index contributed by atoms with van der Waals surface area (Å²) < 4.78 is 20.8. The predicted octanol–water partition coefficient (Wildman–Crippen LogP) is 4.16. The lowest BCUT2D eigenvalue weighted by Gasteiger charge is -2.18. The van der Waals surface area contributed by atoms with Gasteiger partial charge in [0.1, 0.15) is 0 Å². The van der Waals surface area contributed by atoms with Crippen molar-refractivity contribution in [1.82, 2.24) is 0 Å². The van der Waals surface area contributed by atoms with Crippen molar-refractivity contribution in [1.29, 1.82) is 0 Å². The number of hydrogen-bond acceptors (Lipinski definition) is 3. The summed E-state index contributed by atoms with van der Waals surface area (Å²) in [6, 6.07) is 0. The molecule has 0 heterocycles. The van der Waals surface area contributed by atoms with Crippen molar-refractivity contribution in [3.05, 3.63) is 12.2 Å². The summed E-state index contributed by atoms with van der Waals surface area (Å²) in [5.41, 5.74) is 0.795. The minimum absolute atomic E-state index is 0.251. The smallest absolute Gasteiger partial charge is 0.348 e. The van der Waals surface area contributed by atoms with Crippen molar-refractivity contribution in [2.24, 2.45) is 0 Å². The van der Waals surface area contributed by atoms with Crippen LogP contribution in [0.5, 0.6) is 0 Å². The van der Waals surface area contributed by atoms with Gasteiger partial charge in [0.15, 0.2) is 6.29 Å². The zero-order valence-electron chi connectivity index (χ0n) is 12.7. The average molecular weight is 308 g/mol. The van der Waals surface area contributed by atoms with Gasteiger partial charge in [-0.15, -0.1) is 0 Å². The highest BCUT2D eigenvalue weighted by molar-refractivity contribution is 7.46. The first kappa shape index (κ1) is 19.8. The zero-order valence-corrected chi connectivity index (χ0v) is 13.6. The summed E-state index contributed by atoms with van der Waals surface area (Å²) in [5.74, 6) is 0. The highest BCUT2D eigenvalue weighted by Gasteiger charge is 2.22. The molecule has 0 aliphatic carbocycles. The average Bonchev–Trinajstić information content (AvgIpc) is 2.32. The molecule has 0 aromatic heterocycles. The van der Waals surface area contributed by atoms with E-state index in [-0.39, 0.29) is 6.61 Å². The number of phosphoric acid groups is 1. The van der Waals surface area contributed by atoms with Gasteiger partial charge in [-0.1, -0.05) is 57.6 Å². The third kappa shape index (κ3) is 14.2. The Kier molecular flexibility index (Phi) is 11.4. The first-order valence-electron chi connectivity index (χ1n) is 7.35. The summed E-state index contributed by atoms with van der Waals surface area (Å²) in [6.07, 6.45) is 7.61. The molecule has 20 heavy (non-hydrogen) atoms. The van der Waals surface area contributed by atoms with E-state index in [1.807, 2.05) is 0 Å². The van der Waals surface area contributed by atoms with Crippen LogP contribution in [0.4, 0.5) is 0 Å². The highest BCUT2D eigenvalue weighted by atomic mass is 31.2. The minimum Gasteiger partial charge on any atom is -0.348 e.